The maximum absolute atomic E-state index is 12.8. The summed E-state index contributed by atoms with van der Waals surface area (Å²) < 4.78 is 10.7. The first-order valence-electron chi connectivity index (χ1n) is 8.56. The Morgan fingerprint density at radius 1 is 1.36 bits per heavy atom. The van der Waals surface area contributed by atoms with Crippen LogP contribution in [-0.2, 0) is 19.1 Å². The Kier molecular flexibility index (Phi) is 6.36. The second-order valence-corrected chi connectivity index (χ2v) is 6.63. The Morgan fingerprint density at radius 3 is 2.72 bits per heavy atom. The number of amides is 2. The third-order valence-electron chi connectivity index (χ3n) is 4.42. The Morgan fingerprint density at radius 2 is 2.08 bits per heavy atom. The average Bonchev–Trinajstić information content (AvgIpc) is 2.97. The highest BCUT2D eigenvalue weighted by Crippen LogP contribution is 2.26. The maximum atomic E-state index is 12.8. The Bertz CT molecular complexity index is 594. The Hall–Kier alpha value is -2.15. The highest BCUT2D eigenvalue weighted by molar-refractivity contribution is 6.01. The quantitative estimate of drug-likeness (QED) is 0.734. The van der Waals surface area contributed by atoms with Crippen LogP contribution in [0.2, 0.25) is 0 Å². The molecular weight excluding hydrogens is 326 g/mol. The van der Waals surface area contributed by atoms with E-state index >= 15 is 0 Å². The van der Waals surface area contributed by atoms with Crippen LogP contribution >= 0.6 is 0 Å². The molecule has 25 heavy (non-hydrogen) atoms. The first-order chi connectivity index (χ1) is 11.9. The molecule has 7 heteroatoms. The molecule has 2 aliphatic rings. The highest BCUT2D eigenvalue weighted by atomic mass is 16.6. The number of hydrogen-bond acceptors (Lipinski definition) is 6. The van der Waals surface area contributed by atoms with Gasteiger partial charge in [-0.25, -0.2) is 9.69 Å². The van der Waals surface area contributed by atoms with E-state index in [0.717, 1.165) is 4.90 Å². The summed E-state index contributed by atoms with van der Waals surface area (Å²) in [5.74, 6) is -1.05. The average molecular weight is 351 g/mol. The third-order valence-corrected chi connectivity index (χ3v) is 4.42. The second-order valence-electron chi connectivity index (χ2n) is 6.63. The molecule has 0 spiro atoms. The molecule has 0 aromatic carbocycles. The van der Waals surface area contributed by atoms with Gasteiger partial charge in [-0.2, -0.15) is 0 Å². The van der Waals surface area contributed by atoms with E-state index in [-0.39, 0.29) is 31.0 Å². The number of imide groups is 1. The van der Waals surface area contributed by atoms with Gasteiger partial charge >= 0.3 is 6.09 Å². The van der Waals surface area contributed by atoms with Crippen LogP contribution in [0.5, 0.6) is 0 Å². The largest absolute Gasteiger partial charge is 0.482 e. The van der Waals surface area contributed by atoms with Crippen LogP contribution in [0.3, 0.4) is 0 Å². The molecule has 0 radical (unpaired) electrons. The molecule has 7 nitrogen and oxygen atoms in total. The van der Waals surface area contributed by atoms with Gasteiger partial charge in [0.2, 0.25) is 5.91 Å². The zero-order valence-electron chi connectivity index (χ0n) is 14.8. The molecule has 1 N–H and O–H groups in total. The van der Waals surface area contributed by atoms with Crippen molar-refractivity contribution in [2.75, 3.05) is 13.2 Å². The summed E-state index contributed by atoms with van der Waals surface area (Å²) in [5.41, 5.74) is 0. The molecule has 138 valence electrons. The van der Waals surface area contributed by atoms with Gasteiger partial charge in [-0.05, 0) is 43.9 Å². The predicted octanol–water partition coefficient (Wildman–Crippen LogP) is 1.81. The van der Waals surface area contributed by atoms with Crippen molar-refractivity contribution >= 4 is 17.8 Å². The zero-order valence-corrected chi connectivity index (χ0v) is 14.8. The van der Waals surface area contributed by atoms with Gasteiger partial charge in [0.05, 0.1) is 12.0 Å². The first kappa shape index (κ1) is 19.2. The lowest BCUT2D eigenvalue weighted by atomic mass is 9.95. The second kappa shape index (κ2) is 8.29. The lowest BCUT2D eigenvalue weighted by Gasteiger charge is -2.30. The summed E-state index contributed by atoms with van der Waals surface area (Å²) in [6, 6.07) is -0.337. The van der Waals surface area contributed by atoms with E-state index in [4.69, 9.17) is 14.6 Å². The van der Waals surface area contributed by atoms with Gasteiger partial charge in [0, 0.05) is 6.61 Å². The minimum Gasteiger partial charge on any atom is -0.482 e. The molecule has 0 saturated carbocycles. The van der Waals surface area contributed by atoms with Crippen LogP contribution in [-0.4, -0.2) is 53.1 Å². The number of carbonyl (C=O) groups is 3. The zero-order chi connectivity index (χ0) is 18.6. The van der Waals surface area contributed by atoms with Crippen molar-refractivity contribution in [3.05, 3.63) is 24.0 Å². The van der Waals surface area contributed by atoms with Crippen LogP contribution in [0.15, 0.2) is 24.0 Å². The number of ether oxygens (including phenoxy) is 2. The molecule has 1 fully saturated rings. The number of unbranched alkanes of at least 4 members (excludes halogenated alkanes) is 1. The summed E-state index contributed by atoms with van der Waals surface area (Å²) in [7, 11) is 0. The highest BCUT2D eigenvalue weighted by Gasteiger charge is 2.44. The summed E-state index contributed by atoms with van der Waals surface area (Å²) >= 11 is 0. The van der Waals surface area contributed by atoms with Gasteiger partial charge in [0.1, 0.15) is 12.4 Å². The predicted molar refractivity (Wildman–Crippen MR) is 89.4 cm³/mol. The first-order valence-corrected chi connectivity index (χ1v) is 8.56. The topological polar surface area (TPSA) is 93.1 Å². The van der Waals surface area contributed by atoms with Gasteiger partial charge in [-0.3, -0.25) is 9.59 Å². The van der Waals surface area contributed by atoms with Crippen molar-refractivity contribution in [2.45, 2.75) is 45.8 Å². The lowest BCUT2D eigenvalue weighted by molar-refractivity contribution is -0.143. The minimum absolute atomic E-state index is 0.0550. The number of nitrogens with zero attached hydrogens (tertiary/aromatic N) is 1. The number of hydrogen-bond donors (Lipinski definition) is 1. The SMILES string of the molecule is CC(C)[C@@H]1COC(=O)N1C(=O)[C@H](C)[C@@H]1OC(=CCCCO)C=CC1=O. The molecule has 2 heterocycles. The van der Waals surface area contributed by atoms with Crippen molar-refractivity contribution in [3.8, 4) is 0 Å². The van der Waals surface area contributed by atoms with E-state index in [1.165, 1.54) is 6.08 Å². The summed E-state index contributed by atoms with van der Waals surface area (Å²) in [6.07, 6.45) is 4.24. The van der Waals surface area contributed by atoms with E-state index in [0.29, 0.717) is 18.6 Å². The molecule has 2 amide bonds. The Labute approximate surface area is 147 Å². The molecule has 0 aromatic rings. The molecule has 3 atom stereocenters. The summed E-state index contributed by atoms with van der Waals surface area (Å²) in [4.78, 5) is 38.0. The summed E-state index contributed by atoms with van der Waals surface area (Å²) in [6.45, 7) is 5.63. The Balaban J connectivity index is 2.12. The third kappa shape index (κ3) is 4.28. The van der Waals surface area contributed by atoms with Gasteiger partial charge in [-0.1, -0.05) is 13.8 Å². The number of carbonyl (C=O) groups excluding carboxylic acids is 3. The summed E-state index contributed by atoms with van der Waals surface area (Å²) in [5, 5.41) is 8.83. The fourth-order valence-corrected chi connectivity index (χ4v) is 2.83. The van der Waals surface area contributed by atoms with Crippen molar-refractivity contribution in [2.24, 2.45) is 11.8 Å². The number of aliphatic hydroxyl groups excluding tert-OH is 1. The van der Waals surface area contributed by atoms with Gasteiger partial charge in [0.25, 0.3) is 0 Å². The van der Waals surface area contributed by atoms with Crippen LogP contribution in [0, 0.1) is 11.8 Å². The van der Waals surface area contributed by atoms with E-state index in [9.17, 15) is 14.4 Å². The minimum atomic E-state index is -0.973. The number of ketones is 1. The van der Waals surface area contributed by atoms with Gasteiger partial charge < -0.3 is 14.6 Å². The number of allylic oxidation sites excluding steroid dienone is 2. The fourth-order valence-electron chi connectivity index (χ4n) is 2.83. The van der Waals surface area contributed by atoms with Crippen LogP contribution in [0.25, 0.3) is 0 Å². The molecule has 2 rings (SSSR count). The van der Waals surface area contributed by atoms with E-state index < -0.39 is 24.0 Å². The smallest absolute Gasteiger partial charge is 0.416 e. The van der Waals surface area contributed by atoms with Crippen LogP contribution in [0.1, 0.15) is 33.6 Å². The van der Waals surface area contributed by atoms with Crippen molar-refractivity contribution in [3.63, 3.8) is 0 Å². The molecule has 0 aliphatic carbocycles. The molecule has 0 unspecified atom stereocenters. The van der Waals surface area contributed by atoms with Crippen LogP contribution in [0.4, 0.5) is 4.79 Å². The number of rotatable bonds is 6. The molecule has 0 bridgehead atoms. The monoisotopic (exact) mass is 351 g/mol. The standard InChI is InChI=1S/C18H25NO6/c1-11(2)14-10-24-18(23)19(14)17(22)12(3)16-15(21)8-7-13(25-16)6-4-5-9-20/h6-8,11-12,14,16,20H,4-5,9-10H2,1-3H3/t12-,14+,16+/m1/s1. The van der Waals surface area contributed by atoms with Crippen molar-refractivity contribution < 1.29 is 29.0 Å². The molecular formula is C18H25NO6. The molecule has 0 aromatic heterocycles. The fraction of sp³-hybridized carbons (Fsp3) is 0.611. The van der Waals surface area contributed by atoms with E-state index in [1.807, 2.05) is 13.8 Å². The van der Waals surface area contributed by atoms with E-state index in [1.54, 1.807) is 19.1 Å². The molecule has 1 saturated heterocycles. The number of aliphatic hydroxyl groups is 1. The van der Waals surface area contributed by atoms with Crippen molar-refractivity contribution in [1.29, 1.82) is 0 Å². The maximum Gasteiger partial charge on any atom is 0.416 e. The van der Waals surface area contributed by atoms with Gasteiger partial charge in [-0.15, -0.1) is 0 Å². The lowest BCUT2D eigenvalue weighted by Crippen LogP contribution is -2.48. The molecule has 2 aliphatic heterocycles. The normalized spacial score (nSPS) is 26.1. The number of cyclic esters (lactones) is 1. The van der Waals surface area contributed by atoms with Gasteiger partial charge in [0.15, 0.2) is 11.9 Å². The van der Waals surface area contributed by atoms with Crippen LogP contribution < -0.4 is 0 Å². The van der Waals surface area contributed by atoms with E-state index in [2.05, 4.69) is 0 Å². The van der Waals surface area contributed by atoms with Crippen molar-refractivity contribution in [1.82, 2.24) is 4.90 Å².